The molecule has 1 heterocycles. The summed E-state index contributed by atoms with van der Waals surface area (Å²) in [6, 6.07) is 12.2. The lowest BCUT2D eigenvalue weighted by Gasteiger charge is -2.15. The monoisotopic (exact) mass is 400 g/mol. The SMILES string of the molecule is CCC1=NN(c2ccc(F)cc2)C(=O)C1C/C(=C/c1ccc(Cl)cc1)C(=O)O. The summed E-state index contributed by atoms with van der Waals surface area (Å²) in [6.07, 6.45) is 2.04. The van der Waals surface area contributed by atoms with E-state index in [4.69, 9.17) is 11.6 Å². The molecule has 1 N–H and O–H groups in total. The van der Waals surface area contributed by atoms with Crippen LogP contribution in [-0.4, -0.2) is 22.7 Å². The summed E-state index contributed by atoms with van der Waals surface area (Å²) < 4.78 is 13.2. The van der Waals surface area contributed by atoms with Crippen molar-refractivity contribution in [1.82, 2.24) is 0 Å². The Labute approximate surface area is 166 Å². The van der Waals surface area contributed by atoms with Gasteiger partial charge in [0.2, 0.25) is 0 Å². The fraction of sp³-hybridized carbons (Fsp3) is 0.190. The highest BCUT2D eigenvalue weighted by Crippen LogP contribution is 2.30. The third-order valence-corrected chi connectivity index (χ3v) is 4.73. The molecule has 2 aromatic rings. The van der Waals surface area contributed by atoms with Crippen LogP contribution in [0.2, 0.25) is 5.02 Å². The van der Waals surface area contributed by atoms with E-state index in [-0.39, 0.29) is 17.9 Å². The van der Waals surface area contributed by atoms with Crippen molar-refractivity contribution in [2.24, 2.45) is 11.0 Å². The van der Waals surface area contributed by atoms with Crippen LogP contribution >= 0.6 is 11.6 Å². The number of carboxylic acids is 1. The number of benzene rings is 2. The highest BCUT2D eigenvalue weighted by atomic mass is 35.5. The van der Waals surface area contributed by atoms with Crippen LogP contribution in [0, 0.1) is 11.7 Å². The van der Waals surface area contributed by atoms with Gasteiger partial charge in [0.25, 0.3) is 5.91 Å². The first-order valence-electron chi connectivity index (χ1n) is 8.75. The third kappa shape index (κ3) is 4.28. The van der Waals surface area contributed by atoms with Crippen molar-refractivity contribution >= 4 is 41.0 Å². The molecule has 0 saturated heterocycles. The largest absolute Gasteiger partial charge is 0.478 e. The fourth-order valence-corrected chi connectivity index (χ4v) is 3.14. The first kappa shape index (κ1) is 19.8. The number of hydrogen-bond donors (Lipinski definition) is 1. The molecule has 0 bridgehead atoms. The molecule has 0 fully saturated rings. The molecular weight excluding hydrogens is 383 g/mol. The molecule has 3 rings (SSSR count). The number of carbonyl (C=O) groups is 2. The second-order valence-electron chi connectivity index (χ2n) is 6.35. The molecule has 5 nitrogen and oxygen atoms in total. The molecule has 2 aromatic carbocycles. The molecule has 0 saturated carbocycles. The minimum absolute atomic E-state index is 0.0150. The van der Waals surface area contributed by atoms with Crippen LogP contribution in [0.5, 0.6) is 0 Å². The molecule has 1 amide bonds. The highest BCUT2D eigenvalue weighted by molar-refractivity contribution is 6.30. The highest BCUT2D eigenvalue weighted by Gasteiger charge is 2.37. The first-order chi connectivity index (χ1) is 13.4. The van der Waals surface area contributed by atoms with E-state index in [1.807, 2.05) is 6.92 Å². The predicted octanol–water partition coefficient (Wildman–Crippen LogP) is 4.77. The molecule has 1 atom stereocenters. The minimum atomic E-state index is -1.10. The zero-order valence-electron chi connectivity index (χ0n) is 15.1. The lowest BCUT2D eigenvalue weighted by Crippen LogP contribution is -2.28. The van der Waals surface area contributed by atoms with E-state index >= 15 is 0 Å². The quantitative estimate of drug-likeness (QED) is 0.710. The molecule has 1 unspecified atom stereocenters. The Morgan fingerprint density at radius 1 is 1.21 bits per heavy atom. The molecule has 0 aromatic heterocycles. The van der Waals surface area contributed by atoms with Gasteiger partial charge in [0, 0.05) is 10.6 Å². The smallest absolute Gasteiger partial charge is 0.331 e. The second-order valence-corrected chi connectivity index (χ2v) is 6.79. The van der Waals surface area contributed by atoms with Crippen LogP contribution < -0.4 is 5.01 Å². The van der Waals surface area contributed by atoms with Gasteiger partial charge in [0.1, 0.15) is 5.82 Å². The number of hydrogen-bond acceptors (Lipinski definition) is 3. The van der Waals surface area contributed by atoms with E-state index in [2.05, 4.69) is 5.10 Å². The summed E-state index contributed by atoms with van der Waals surface area (Å²) in [5.74, 6) is -2.51. The normalized spacial score (nSPS) is 17.0. The van der Waals surface area contributed by atoms with Crippen molar-refractivity contribution in [3.63, 3.8) is 0 Å². The van der Waals surface area contributed by atoms with Gasteiger partial charge in [-0.2, -0.15) is 5.10 Å². The molecule has 0 aliphatic carbocycles. The molecule has 28 heavy (non-hydrogen) atoms. The van der Waals surface area contributed by atoms with E-state index in [0.717, 1.165) is 0 Å². The topological polar surface area (TPSA) is 70.0 Å². The summed E-state index contributed by atoms with van der Waals surface area (Å²) in [4.78, 5) is 24.6. The molecule has 1 aliphatic rings. The summed E-state index contributed by atoms with van der Waals surface area (Å²) in [5, 5.41) is 15.7. The lowest BCUT2D eigenvalue weighted by atomic mass is 9.92. The van der Waals surface area contributed by atoms with Gasteiger partial charge < -0.3 is 5.11 Å². The standard InChI is InChI=1S/C21H18ClFN2O3/c1-2-19-18(20(26)25(24-19)17-9-7-16(23)8-10-17)12-14(21(27)28)11-13-3-5-15(22)6-4-13/h3-11,18H,2,12H2,1H3,(H,27,28)/b14-11-. The van der Waals surface area contributed by atoms with Gasteiger partial charge in [0.15, 0.2) is 0 Å². The van der Waals surface area contributed by atoms with Crippen LogP contribution in [0.3, 0.4) is 0 Å². The van der Waals surface area contributed by atoms with Gasteiger partial charge >= 0.3 is 5.97 Å². The van der Waals surface area contributed by atoms with Gasteiger partial charge in [-0.1, -0.05) is 30.7 Å². The molecule has 1 aliphatic heterocycles. The van der Waals surface area contributed by atoms with Crippen molar-refractivity contribution in [3.8, 4) is 0 Å². The average Bonchev–Trinajstić information content (AvgIpc) is 2.99. The number of amides is 1. The molecule has 0 spiro atoms. The maximum Gasteiger partial charge on any atom is 0.331 e. The lowest BCUT2D eigenvalue weighted by molar-refractivity contribution is -0.132. The number of nitrogens with zero attached hydrogens (tertiary/aromatic N) is 2. The van der Waals surface area contributed by atoms with Crippen molar-refractivity contribution in [2.45, 2.75) is 19.8 Å². The van der Waals surface area contributed by atoms with Crippen LogP contribution in [0.25, 0.3) is 6.08 Å². The third-order valence-electron chi connectivity index (χ3n) is 4.48. The van der Waals surface area contributed by atoms with Crippen LogP contribution in [0.4, 0.5) is 10.1 Å². The van der Waals surface area contributed by atoms with Gasteiger partial charge in [0.05, 0.1) is 17.3 Å². The summed E-state index contributed by atoms with van der Waals surface area (Å²) in [6.45, 7) is 1.86. The molecule has 144 valence electrons. The first-order valence-corrected chi connectivity index (χ1v) is 9.13. The predicted molar refractivity (Wildman–Crippen MR) is 107 cm³/mol. The zero-order valence-corrected chi connectivity index (χ0v) is 15.9. The molecule has 7 heteroatoms. The van der Waals surface area contributed by atoms with Gasteiger partial charge in [-0.05, 0) is 60.9 Å². The van der Waals surface area contributed by atoms with Crippen molar-refractivity contribution < 1.29 is 19.1 Å². The molecule has 0 radical (unpaired) electrons. The van der Waals surface area contributed by atoms with Crippen molar-refractivity contribution in [1.29, 1.82) is 0 Å². The Morgan fingerprint density at radius 3 is 2.43 bits per heavy atom. The zero-order chi connectivity index (χ0) is 20.3. The number of carboxylic acid groups (broad SMARTS) is 1. The fourth-order valence-electron chi connectivity index (χ4n) is 3.02. The second kappa shape index (κ2) is 8.35. The van der Waals surface area contributed by atoms with Gasteiger partial charge in [-0.3, -0.25) is 4.79 Å². The average molecular weight is 401 g/mol. The maximum absolute atomic E-state index is 13.2. The number of anilines is 1. The summed E-state index contributed by atoms with van der Waals surface area (Å²) >= 11 is 5.86. The van der Waals surface area contributed by atoms with E-state index in [9.17, 15) is 19.1 Å². The summed E-state index contributed by atoms with van der Waals surface area (Å²) in [7, 11) is 0. The van der Waals surface area contributed by atoms with Gasteiger partial charge in [-0.15, -0.1) is 0 Å². The molecular formula is C21H18ClFN2O3. The number of rotatable bonds is 6. The van der Waals surface area contributed by atoms with Gasteiger partial charge in [-0.25, -0.2) is 14.2 Å². The Morgan fingerprint density at radius 2 is 1.86 bits per heavy atom. The maximum atomic E-state index is 13.2. The number of halogens is 2. The number of carbonyl (C=O) groups excluding carboxylic acids is 1. The number of hydrazone groups is 1. The van der Waals surface area contributed by atoms with Crippen molar-refractivity contribution in [2.75, 3.05) is 5.01 Å². The Bertz CT molecular complexity index is 953. The van der Waals surface area contributed by atoms with Crippen molar-refractivity contribution in [3.05, 3.63) is 70.5 Å². The Hall–Kier alpha value is -2.99. The summed E-state index contributed by atoms with van der Waals surface area (Å²) in [5.41, 5.74) is 1.82. The van der Waals surface area contributed by atoms with E-state index < -0.39 is 17.7 Å². The minimum Gasteiger partial charge on any atom is -0.478 e. The van der Waals surface area contributed by atoms with Crippen LogP contribution in [-0.2, 0) is 9.59 Å². The van der Waals surface area contributed by atoms with E-state index in [1.54, 1.807) is 24.3 Å². The van der Waals surface area contributed by atoms with E-state index in [0.29, 0.717) is 28.4 Å². The van der Waals surface area contributed by atoms with E-state index in [1.165, 1.54) is 35.4 Å². The Kier molecular flexibility index (Phi) is 5.90. The number of aliphatic carboxylic acids is 1. The Balaban J connectivity index is 1.87. The van der Waals surface area contributed by atoms with Crippen LogP contribution in [0.1, 0.15) is 25.3 Å². The van der Waals surface area contributed by atoms with Crippen LogP contribution in [0.15, 0.2) is 59.2 Å².